The van der Waals surface area contributed by atoms with Crippen molar-refractivity contribution < 1.29 is 14.3 Å². The monoisotopic (exact) mass is 522 g/mol. The minimum absolute atomic E-state index is 0.119. The van der Waals surface area contributed by atoms with Gasteiger partial charge in [0.25, 0.3) is 11.8 Å². The van der Waals surface area contributed by atoms with Gasteiger partial charge in [0.15, 0.2) is 0 Å². The Kier molecular flexibility index (Phi) is 4.61. The Bertz CT molecular complexity index is 1310. The molecule has 4 atom stereocenters. The number of halogens is 2. The fraction of sp³-hybridized carbons (Fsp3) is 0.231. The van der Waals surface area contributed by atoms with Crippen molar-refractivity contribution >= 4 is 45.0 Å². The van der Waals surface area contributed by atoms with Gasteiger partial charge < -0.3 is 15.0 Å². The maximum absolute atomic E-state index is 14.2. The summed E-state index contributed by atoms with van der Waals surface area (Å²) in [6, 6.07) is 20.4. The highest BCUT2D eigenvalue weighted by Gasteiger charge is 2.65. The van der Waals surface area contributed by atoms with Crippen LogP contribution in [0.3, 0.4) is 0 Å². The Morgan fingerprint density at radius 1 is 1.09 bits per heavy atom. The number of nitrogens with one attached hydrogen (secondary N) is 1. The number of benzene rings is 3. The molecular weight excluding hydrogens is 504 g/mol. The number of rotatable bonds is 1. The van der Waals surface area contributed by atoms with E-state index >= 15 is 0 Å². The molecule has 0 saturated carbocycles. The molecule has 7 heteroatoms. The fourth-order valence-corrected chi connectivity index (χ4v) is 6.40. The lowest BCUT2D eigenvalue weighted by Gasteiger charge is -2.38. The van der Waals surface area contributed by atoms with Crippen LogP contribution in [0, 0.1) is 5.92 Å². The lowest BCUT2D eigenvalue weighted by molar-refractivity contribution is -0.125. The molecule has 6 rings (SSSR count). The highest BCUT2D eigenvalue weighted by Crippen LogP contribution is 2.60. The van der Waals surface area contributed by atoms with Gasteiger partial charge in [-0.25, -0.2) is 0 Å². The summed E-state index contributed by atoms with van der Waals surface area (Å²) >= 11 is 9.86. The molecule has 0 aliphatic carbocycles. The molecule has 1 N–H and O–H groups in total. The van der Waals surface area contributed by atoms with Gasteiger partial charge in [-0.05, 0) is 48.9 Å². The summed E-state index contributed by atoms with van der Waals surface area (Å²) in [5, 5.41) is 3.61. The van der Waals surface area contributed by atoms with E-state index in [4.69, 9.17) is 16.3 Å². The van der Waals surface area contributed by atoms with Crippen LogP contribution < -0.4 is 10.1 Å². The number of carbonyl (C=O) groups excluding carboxylic acids is 2. The molecule has 0 bridgehead atoms. The number of carbonyl (C=O) groups is 2. The van der Waals surface area contributed by atoms with Crippen molar-refractivity contribution in [2.45, 2.75) is 24.4 Å². The van der Waals surface area contributed by atoms with Gasteiger partial charge in [-0.1, -0.05) is 57.9 Å². The number of amides is 2. The Morgan fingerprint density at radius 3 is 2.67 bits per heavy atom. The number of ether oxygens (including phenoxy) is 1. The summed E-state index contributed by atoms with van der Waals surface area (Å²) < 4.78 is 6.93. The maximum Gasteiger partial charge on any atom is 0.257 e. The zero-order chi connectivity index (χ0) is 22.9. The standard InChI is InChI=1S/C26H20BrClN2O3/c1-26-22(14-5-3-2-4-6-14)19-13-33-21-10-8-16(28)12-18(21)23(19)30(26)24(31)17-11-15(27)7-9-20(17)29-25(26)32/h2-12,19,22-23H,13H2,1H3,(H,29,32)/t19?,22?,23?,26-/m1/s1. The molecular formula is C26H20BrClN2O3. The van der Waals surface area contributed by atoms with Crippen LogP contribution in [0.2, 0.25) is 5.02 Å². The first-order valence-electron chi connectivity index (χ1n) is 10.8. The summed E-state index contributed by atoms with van der Waals surface area (Å²) in [7, 11) is 0. The molecule has 0 spiro atoms. The topological polar surface area (TPSA) is 58.6 Å². The number of anilines is 1. The first-order chi connectivity index (χ1) is 15.9. The van der Waals surface area contributed by atoms with Gasteiger partial charge in [0, 0.05) is 26.9 Å². The maximum atomic E-state index is 14.2. The predicted octanol–water partition coefficient (Wildman–Crippen LogP) is 5.80. The molecule has 0 aromatic heterocycles. The zero-order valence-electron chi connectivity index (χ0n) is 17.7. The van der Waals surface area contributed by atoms with E-state index in [9.17, 15) is 9.59 Å². The normalized spacial score (nSPS) is 27.5. The van der Waals surface area contributed by atoms with E-state index in [1.54, 1.807) is 23.1 Å². The Hall–Kier alpha value is -2.83. The smallest absolute Gasteiger partial charge is 0.257 e. The predicted molar refractivity (Wildman–Crippen MR) is 130 cm³/mol. The summed E-state index contributed by atoms with van der Waals surface area (Å²) in [6.45, 7) is 2.28. The average molecular weight is 524 g/mol. The quantitative estimate of drug-likeness (QED) is 0.438. The lowest BCUT2D eigenvalue weighted by atomic mass is 9.73. The molecule has 166 valence electrons. The van der Waals surface area contributed by atoms with Crippen molar-refractivity contribution in [3.8, 4) is 5.75 Å². The minimum atomic E-state index is -1.13. The summed E-state index contributed by atoms with van der Waals surface area (Å²) in [5.74, 6) is -0.0786. The van der Waals surface area contributed by atoms with Crippen molar-refractivity contribution in [1.29, 1.82) is 0 Å². The van der Waals surface area contributed by atoms with E-state index in [0.717, 1.165) is 15.6 Å². The van der Waals surface area contributed by atoms with E-state index in [-0.39, 0.29) is 29.7 Å². The minimum Gasteiger partial charge on any atom is -0.493 e. The van der Waals surface area contributed by atoms with E-state index < -0.39 is 5.54 Å². The van der Waals surface area contributed by atoms with Crippen molar-refractivity contribution in [3.63, 3.8) is 0 Å². The largest absolute Gasteiger partial charge is 0.493 e. The third kappa shape index (κ3) is 2.90. The van der Waals surface area contributed by atoms with Gasteiger partial charge in [0.2, 0.25) is 0 Å². The van der Waals surface area contributed by atoms with E-state index in [0.29, 0.717) is 28.6 Å². The molecule has 1 fully saturated rings. The average Bonchev–Trinajstić information content (AvgIpc) is 3.06. The molecule has 2 amide bonds. The molecule has 3 aromatic carbocycles. The summed E-state index contributed by atoms with van der Waals surface area (Å²) in [5.41, 5.74) is 1.69. The van der Waals surface area contributed by atoms with E-state index in [1.807, 2.05) is 55.5 Å². The van der Waals surface area contributed by atoms with Crippen LogP contribution in [0.4, 0.5) is 5.69 Å². The molecule has 1 saturated heterocycles. The highest BCUT2D eigenvalue weighted by atomic mass is 79.9. The zero-order valence-corrected chi connectivity index (χ0v) is 20.1. The Labute approximate surface area is 204 Å². The van der Waals surface area contributed by atoms with Crippen molar-refractivity contribution in [2.24, 2.45) is 5.92 Å². The van der Waals surface area contributed by atoms with Crippen LogP contribution in [-0.4, -0.2) is 28.9 Å². The fourth-order valence-electron chi connectivity index (χ4n) is 5.86. The van der Waals surface area contributed by atoms with Gasteiger partial charge >= 0.3 is 0 Å². The second-order valence-electron chi connectivity index (χ2n) is 8.96. The third-order valence-corrected chi connectivity index (χ3v) is 7.97. The van der Waals surface area contributed by atoms with Gasteiger partial charge in [0.1, 0.15) is 11.3 Å². The molecule has 3 unspecified atom stereocenters. The first-order valence-corrected chi connectivity index (χ1v) is 12.0. The van der Waals surface area contributed by atoms with Gasteiger partial charge in [-0.15, -0.1) is 0 Å². The van der Waals surface area contributed by atoms with Gasteiger partial charge in [-0.3, -0.25) is 9.59 Å². The molecule has 0 radical (unpaired) electrons. The molecule has 3 heterocycles. The molecule has 3 aliphatic heterocycles. The number of hydrogen-bond acceptors (Lipinski definition) is 3. The Balaban J connectivity index is 1.64. The van der Waals surface area contributed by atoms with Gasteiger partial charge in [0.05, 0.1) is 23.9 Å². The van der Waals surface area contributed by atoms with Crippen molar-refractivity contribution in [1.82, 2.24) is 4.90 Å². The lowest BCUT2D eigenvalue weighted by Crippen LogP contribution is -2.54. The molecule has 3 aromatic rings. The molecule has 3 aliphatic rings. The number of hydrogen-bond donors (Lipinski definition) is 1. The Morgan fingerprint density at radius 2 is 1.88 bits per heavy atom. The van der Waals surface area contributed by atoms with Crippen LogP contribution in [0.1, 0.15) is 40.4 Å². The number of fused-ring (bicyclic) bond motifs is 6. The second kappa shape index (κ2) is 7.34. The van der Waals surface area contributed by atoms with Crippen LogP contribution in [-0.2, 0) is 4.79 Å². The van der Waals surface area contributed by atoms with Crippen LogP contribution in [0.5, 0.6) is 5.75 Å². The van der Waals surface area contributed by atoms with Gasteiger partial charge in [-0.2, -0.15) is 0 Å². The van der Waals surface area contributed by atoms with E-state index in [1.165, 1.54) is 0 Å². The SMILES string of the molecule is C[C@@]12C(=O)Nc3ccc(Br)cc3C(=O)N1C1c3cc(Cl)ccc3OCC1C2c1ccccc1. The van der Waals surface area contributed by atoms with Crippen LogP contribution in [0.15, 0.2) is 71.2 Å². The third-order valence-electron chi connectivity index (χ3n) is 7.24. The number of nitrogens with zero attached hydrogens (tertiary/aromatic N) is 1. The first kappa shape index (κ1) is 20.8. The highest BCUT2D eigenvalue weighted by molar-refractivity contribution is 9.10. The van der Waals surface area contributed by atoms with E-state index in [2.05, 4.69) is 21.2 Å². The molecule has 5 nitrogen and oxygen atoms in total. The molecule has 33 heavy (non-hydrogen) atoms. The van der Waals surface area contributed by atoms with Crippen LogP contribution >= 0.6 is 27.5 Å². The second-order valence-corrected chi connectivity index (χ2v) is 10.3. The van der Waals surface area contributed by atoms with Crippen molar-refractivity contribution in [2.75, 3.05) is 11.9 Å². The summed E-state index contributed by atoms with van der Waals surface area (Å²) in [4.78, 5) is 29.9. The van der Waals surface area contributed by atoms with Crippen molar-refractivity contribution in [3.05, 3.63) is 92.9 Å². The summed E-state index contributed by atoms with van der Waals surface area (Å²) in [6.07, 6.45) is 0. The van der Waals surface area contributed by atoms with Crippen LogP contribution in [0.25, 0.3) is 0 Å².